The highest BCUT2D eigenvalue weighted by molar-refractivity contribution is 5.79. The molecule has 1 fully saturated rings. The second-order valence-electron chi connectivity index (χ2n) is 5.65. The first kappa shape index (κ1) is 17.2. The van der Waals surface area contributed by atoms with E-state index in [9.17, 15) is 14.9 Å². The van der Waals surface area contributed by atoms with Gasteiger partial charge in [0.2, 0.25) is 5.91 Å². The molecule has 7 nitrogen and oxygen atoms in total. The summed E-state index contributed by atoms with van der Waals surface area (Å²) in [7, 11) is 0. The van der Waals surface area contributed by atoms with E-state index in [1.54, 1.807) is 23.1 Å². The van der Waals surface area contributed by atoms with Gasteiger partial charge in [-0.2, -0.15) is 0 Å². The molecule has 0 atom stereocenters. The van der Waals surface area contributed by atoms with E-state index < -0.39 is 0 Å². The molecule has 2 rings (SSSR count). The monoisotopic (exact) mass is 321 g/mol. The van der Waals surface area contributed by atoms with E-state index in [0.717, 1.165) is 0 Å². The van der Waals surface area contributed by atoms with Crippen LogP contribution < -0.4 is 4.90 Å². The number of anilines is 1. The van der Waals surface area contributed by atoms with Gasteiger partial charge in [0.05, 0.1) is 11.5 Å². The average molecular weight is 321 g/mol. The third-order valence-corrected chi connectivity index (χ3v) is 4.33. The molecule has 1 N–H and O–H groups in total. The summed E-state index contributed by atoms with van der Waals surface area (Å²) in [5, 5.41) is 20.2. The van der Waals surface area contributed by atoms with E-state index in [-0.39, 0.29) is 29.0 Å². The molecule has 0 spiro atoms. The molecule has 1 aliphatic heterocycles. The van der Waals surface area contributed by atoms with Crippen LogP contribution in [0.1, 0.15) is 19.8 Å². The number of benzene rings is 1. The Labute approximate surface area is 135 Å². The fraction of sp³-hybridized carbons (Fsp3) is 0.562. The van der Waals surface area contributed by atoms with E-state index in [1.165, 1.54) is 6.07 Å². The Morgan fingerprint density at radius 1 is 1.39 bits per heavy atom. The van der Waals surface area contributed by atoms with Gasteiger partial charge in [-0.3, -0.25) is 14.9 Å². The van der Waals surface area contributed by atoms with Gasteiger partial charge < -0.3 is 14.9 Å². The number of amides is 1. The number of carbonyl (C=O) groups excluding carboxylic acids is 1. The van der Waals surface area contributed by atoms with Gasteiger partial charge in [-0.25, -0.2) is 0 Å². The van der Waals surface area contributed by atoms with Crippen LogP contribution in [0.2, 0.25) is 0 Å². The third kappa shape index (κ3) is 3.98. The summed E-state index contributed by atoms with van der Waals surface area (Å²) < 4.78 is 0. The average Bonchev–Trinajstić information content (AvgIpc) is 2.59. The molecule has 23 heavy (non-hydrogen) atoms. The van der Waals surface area contributed by atoms with E-state index >= 15 is 0 Å². The number of likely N-dealkylation sites (N-methyl/N-ethyl adjacent to an activating group) is 1. The van der Waals surface area contributed by atoms with E-state index in [2.05, 4.69) is 0 Å². The predicted octanol–water partition coefficient (Wildman–Crippen LogP) is 1.65. The fourth-order valence-corrected chi connectivity index (χ4v) is 3.06. The lowest BCUT2D eigenvalue weighted by molar-refractivity contribution is -0.384. The number of carbonyl (C=O) groups is 1. The number of piperidine rings is 1. The number of hydrogen-bond donors (Lipinski definition) is 1. The maximum atomic E-state index is 12.4. The summed E-state index contributed by atoms with van der Waals surface area (Å²) in [6.45, 7) is 4.06. The number of nitrogens with zero attached hydrogens (tertiary/aromatic N) is 3. The van der Waals surface area contributed by atoms with Crippen molar-refractivity contribution in [3.63, 3.8) is 0 Å². The molecule has 0 aromatic heterocycles. The Morgan fingerprint density at radius 2 is 2.04 bits per heavy atom. The molecular weight excluding hydrogens is 298 g/mol. The maximum absolute atomic E-state index is 12.4. The van der Waals surface area contributed by atoms with Crippen molar-refractivity contribution in [2.24, 2.45) is 5.92 Å². The summed E-state index contributed by atoms with van der Waals surface area (Å²) >= 11 is 0. The first-order valence-electron chi connectivity index (χ1n) is 7.96. The lowest BCUT2D eigenvalue weighted by Crippen LogP contribution is -2.43. The minimum absolute atomic E-state index is 0.0331. The van der Waals surface area contributed by atoms with Gasteiger partial charge in [-0.1, -0.05) is 12.1 Å². The highest BCUT2D eigenvalue weighted by atomic mass is 16.6. The van der Waals surface area contributed by atoms with Crippen molar-refractivity contribution in [1.29, 1.82) is 0 Å². The van der Waals surface area contributed by atoms with Crippen LogP contribution >= 0.6 is 0 Å². The lowest BCUT2D eigenvalue weighted by Gasteiger charge is -2.34. The molecule has 0 radical (unpaired) electrons. The minimum atomic E-state index is -0.368. The predicted molar refractivity (Wildman–Crippen MR) is 87.4 cm³/mol. The molecule has 0 unspecified atom stereocenters. The number of aliphatic hydroxyl groups excluding tert-OH is 1. The fourth-order valence-electron chi connectivity index (χ4n) is 3.06. The molecule has 0 bridgehead atoms. The van der Waals surface area contributed by atoms with Gasteiger partial charge in [0.1, 0.15) is 5.69 Å². The largest absolute Gasteiger partial charge is 0.395 e. The molecule has 1 saturated heterocycles. The molecule has 0 saturated carbocycles. The number of hydrogen-bond acceptors (Lipinski definition) is 5. The molecule has 1 aliphatic rings. The summed E-state index contributed by atoms with van der Waals surface area (Å²) in [6, 6.07) is 6.71. The van der Waals surface area contributed by atoms with Crippen molar-refractivity contribution >= 4 is 17.3 Å². The molecule has 1 aromatic carbocycles. The van der Waals surface area contributed by atoms with E-state index in [1.807, 2.05) is 11.8 Å². The summed E-state index contributed by atoms with van der Waals surface area (Å²) in [4.78, 5) is 26.8. The molecule has 1 amide bonds. The normalized spacial score (nSPS) is 15.5. The van der Waals surface area contributed by atoms with Gasteiger partial charge in [0.15, 0.2) is 0 Å². The summed E-state index contributed by atoms with van der Waals surface area (Å²) in [6.07, 6.45) is 1.35. The van der Waals surface area contributed by atoms with Crippen molar-refractivity contribution in [2.45, 2.75) is 19.8 Å². The van der Waals surface area contributed by atoms with Crippen LogP contribution in [0.25, 0.3) is 0 Å². The first-order chi connectivity index (χ1) is 11.1. The van der Waals surface area contributed by atoms with Crippen LogP contribution in [-0.4, -0.2) is 53.6 Å². The Hall–Kier alpha value is -2.15. The Bertz CT molecular complexity index is 556. The smallest absolute Gasteiger partial charge is 0.292 e. The van der Waals surface area contributed by atoms with Gasteiger partial charge in [-0.05, 0) is 25.8 Å². The van der Waals surface area contributed by atoms with Crippen LogP contribution in [0, 0.1) is 16.0 Å². The summed E-state index contributed by atoms with van der Waals surface area (Å²) in [5.41, 5.74) is 0.721. The molecule has 126 valence electrons. The van der Waals surface area contributed by atoms with Gasteiger partial charge >= 0.3 is 0 Å². The second-order valence-corrected chi connectivity index (χ2v) is 5.65. The maximum Gasteiger partial charge on any atom is 0.292 e. The van der Waals surface area contributed by atoms with Crippen molar-refractivity contribution < 1.29 is 14.8 Å². The van der Waals surface area contributed by atoms with Gasteiger partial charge in [0, 0.05) is 38.2 Å². The number of nitro benzene ring substituents is 1. The van der Waals surface area contributed by atoms with E-state index in [0.29, 0.717) is 44.7 Å². The summed E-state index contributed by atoms with van der Waals surface area (Å²) in [5.74, 6) is 0.00396. The molecule has 0 aliphatic carbocycles. The zero-order valence-corrected chi connectivity index (χ0v) is 13.4. The highest BCUT2D eigenvalue weighted by Gasteiger charge is 2.29. The van der Waals surface area contributed by atoms with Crippen LogP contribution in [0.5, 0.6) is 0 Å². The van der Waals surface area contributed by atoms with Gasteiger partial charge in [-0.15, -0.1) is 0 Å². The van der Waals surface area contributed by atoms with Crippen LogP contribution in [0.4, 0.5) is 11.4 Å². The van der Waals surface area contributed by atoms with Crippen molar-refractivity contribution in [3.05, 3.63) is 34.4 Å². The van der Waals surface area contributed by atoms with Crippen LogP contribution in [0.15, 0.2) is 24.3 Å². The number of rotatable bonds is 6. The Balaban J connectivity index is 2.01. The Morgan fingerprint density at radius 3 is 2.61 bits per heavy atom. The second kappa shape index (κ2) is 7.92. The topological polar surface area (TPSA) is 86.9 Å². The van der Waals surface area contributed by atoms with E-state index in [4.69, 9.17) is 5.11 Å². The first-order valence-corrected chi connectivity index (χ1v) is 7.96. The lowest BCUT2D eigenvalue weighted by atomic mass is 9.94. The molecule has 1 heterocycles. The Kier molecular flexibility index (Phi) is 5.92. The minimum Gasteiger partial charge on any atom is -0.395 e. The standard InChI is InChI=1S/C16H23N3O4/c1-2-17(11-12-20)16(21)13-7-9-18(10-8-13)14-5-3-4-6-15(14)19(22)23/h3-6,13,20H,2,7-12H2,1H3. The molecular formula is C16H23N3O4. The number of nitro groups is 1. The van der Waals surface area contributed by atoms with Crippen LogP contribution in [-0.2, 0) is 4.79 Å². The van der Waals surface area contributed by atoms with Crippen molar-refractivity contribution in [2.75, 3.05) is 37.7 Å². The number of para-hydroxylation sites is 2. The quantitative estimate of drug-likeness (QED) is 0.636. The van der Waals surface area contributed by atoms with Gasteiger partial charge in [0.25, 0.3) is 5.69 Å². The zero-order chi connectivity index (χ0) is 16.8. The SMILES string of the molecule is CCN(CCO)C(=O)C1CCN(c2ccccc2[N+](=O)[O-])CC1. The van der Waals surface area contributed by atoms with Crippen molar-refractivity contribution in [3.8, 4) is 0 Å². The highest BCUT2D eigenvalue weighted by Crippen LogP contribution is 2.31. The molecule has 1 aromatic rings. The van der Waals surface area contributed by atoms with Crippen molar-refractivity contribution in [1.82, 2.24) is 4.90 Å². The molecule has 7 heteroatoms. The zero-order valence-electron chi connectivity index (χ0n) is 13.4. The van der Waals surface area contributed by atoms with Crippen LogP contribution in [0.3, 0.4) is 0 Å². The third-order valence-electron chi connectivity index (χ3n) is 4.33. The number of aliphatic hydroxyl groups is 1.